The summed E-state index contributed by atoms with van der Waals surface area (Å²) in [5.74, 6) is 1.72. The molecule has 146 valence electrons. The van der Waals surface area contributed by atoms with E-state index in [2.05, 4.69) is 22.5 Å². The van der Waals surface area contributed by atoms with E-state index in [1.54, 1.807) is 0 Å². The Morgan fingerprint density at radius 2 is 1.85 bits per heavy atom. The zero-order valence-corrected chi connectivity index (χ0v) is 17.1. The van der Waals surface area contributed by atoms with E-state index in [-0.39, 0.29) is 11.3 Å². The van der Waals surface area contributed by atoms with Gasteiger partial charge in [0.15, 0.2) is 5.96 Å². The van der Waals surface area contributed by atoms with Gasteiger partial charge in [0.05, 0.1) is 13.1 Å². The van der Waals surface area contributed by atoms with Crippen molar-refractivity contribution in [2.24, 2.45) is 10.4 Å². The zero-order valence-electron chi connectivity index (χ0n) is 17.1. The molecule has 6 heteroatoms. The lowest BCUT2D eigenvalue weighted by Crippen LogP contribution is -2.41. The predicted molar refractivity (Wildman–Crippen MR) is 108 cm³/mol. The molecule has 0 atom stereocenters. The van der Waals surface area contributed by atoms with Gasteiger partial charge in [-0.25, -0.2) is 0 Å². The molecule has 0 radical (unpaired) electrons. The van der Waals surface area contributed by atoms with Crippen LogP contribution in [0.5, 0.6) is 5.75 Å². The number of hydrogen-bond donors (Lipinski definition) is 2. The summed E-state index contributed by atoms with van der Waals surface area (Å²) in [6.45, 7) is 12.9. The molecule has 1 amide bonds. The lowest BCUT2D eigenvalue weighted by molar-refractivity contribution is -0.128. The number of amides is 1. The van der Waals surface area contributed by atoms with Gasteiger partial charge in [0, 0.05) is 25.6 Å². The minimum atomic E-state index is -0.377. The van der Waals surface area contributed by atoms with Gasteiger partial charge in [-0.05, 0) is 26.0 Å². The van der Waals surface area contributed by atoms with Crippen molar-refractivity contribution in [1.82, 2.24) is 15.5 Å². The number of rotatable bonds is 8. The summed E-state index contributed by atoms with van der Waals surface area (Å²) in [5.41, 5.74) is 0.841. The average molecular weight is 363 g/mol. The SMILES string of the molecule is CCNC(=NCCNC(=O)C(C)(C)C)N(C)CCOc1ccc(C)cc1. The van der Waals surface area contributed by atoms with Crippen molar-refractivity contribution in [3.8, 4) is 5.75 Å². The van der Waals surface area contributed by atoms with Crippen molar-refractivity contribution < 1.29 is 9.53 Å². The van der Waals surface area contributed by atoms with Crippen molar-refractivity contribution >= 4 is 11.9 Å². The minimum Gasteiger partial charge on any atom is -0.492 e. The third kappa shape index (κ3) is 8.23. The zero-order chi connectivity index (χ0) is 19.6. The maximum Gasteiger partial charge on any atom is 0.225 e. The fraction of sp³-hybridized carbons (Fsp3) is 0.600. The van der Waals surface area contributed by atoms with Crippen molar-refractivity contribution in [2.75, 3.05) is 39.8 Å². The molecule has 0 heterocycles. The molecule has 1 aromatic carbocycles. The number of aliphatic imine (C=N–C) groups is 1. The molecule has 0 fully saturated rings. The van der Waals surface area contributed by atoms with Crippen LogP contribution in [-0.2, 0) is 4.79 Å². The van der Waals surface area contributed by atoms with Crippen LogP contribution in [0.15, 0.2) is 29.3 Å². The predicted octanol–water partition coefficient (Wildman–Crippen LogP) is 2.43. The number of hydrogen-bond acceptors (Lipinski definition) is 3. The van der Waals surface area contributed by atoms with Crippen LogP contribution in [0.2, 0.25) is 0 Å². The fourth-order valence-corrected chi connectivity index (χ4v) is 2.11. The highest BCUT2D eigenvalue weighted by Gasteiger charge is 2.20. The van der Waals surface area contributed by atoms with Crippen LogP contribution < -0.4 is 15.4 Å². The van der Waals surface area contributed by atoms with Gasteiger partial charge in [-0.15, -0.1) is 0 Å². The van der Waals surface area contributed by atoms with Gasteiger partial charge in [-0.1, -0.05) is 38.5 Å². The first kappa shape index (κ1) is 21.8. The highest BCUT2D eigenvalue weighted by Crippen LogP contribution is 2.12. The highest BCUT2D eigenvalue weighted by molar-refractivity contribution is 5.81. The Morgan fingerprint density at radius 1 is 1.19 bits per heavy atom. The summed E-state index contributed by atoms with van der Waals surface area (Å²) in [6, 6.07) is 8.03. The molecular weight excluding hydrogens is 328 g/mol. The number of ether oxygens (including phenoxy) is 1. The van der Waals surface area contributed by atoms with Crippen molar-refractivity contribution in [2.45, 2.75) is 34.6 Å². The molecule has 0 saturated heterocycles. The minimum absolute atomic E-state index is 0.0394. The van der Waals surface area contributed by atoms with E-state index in [1.807, 2.05) is 63.9 Å². The normalized spacial score (nSPS) is 11.8. The number of benzene rings is 1. The maximum atomic E-state index is 11.9. The number of guanidine groups is 1. The number of carbonyl (C=O) groups is 1. The van der Waals surface area contributed by atoms with Gasteiger partial charge < -0.3 is 20.3 Å². The summed E-state index contributed by atoms with van der Waals surface area (Å²) >= 11 is 0. The molecule has 26 heavy (non-hydrogen) atoms. The monoisotopic (exact) mass is 362 g/mol. The third-order valence-corrected chi connectivity index (χ3v) is 3.75. The number of nitrogens with one attached hydrogen (secondary N) is 2. The van der Waals surface area contributed by atoms with E-state index < -0.39 is 0 Å². The molecule has 0 bridgehead atoms. The van der Waals surface area contributed by atoms with Crippen molar-refractivity contribution in [3.63, 3.8) is 0 Å². The molecule has 2 N–H and O–H groups in total. The first-order valence-corrected chi connectivity index (χ1v) is 9.21. The van der Waals surface area contributed by atoms with Gasteiger partial charge in [-0.2, -0.15) is 0 Å². The second kappa shape index (κ2) is 10.7. The summed E-state index contributed by atoms with van der Waals surface area (Å²) in [7, 11) is 1.98. The second-order valence-corrected chi connectivity index (χ2v) is 7.32. The van der Waals surface area contributed by atoms with E-state index in [4.69, 9.17) is 4.74 Å². The summed E-state index contributed by atoms with van der Waals surface area (Å²) in [6.07, 6.45) is 0. The topological polar surface area (TPSA) is 66.0 Å². The fourth-order valence-electron chi connectivity index (χ4n) is 2.11. The molecule has 6 nitrogen and oxygen atoms in total. The lowest BCUT2D eigenvalue weighted by Gasteiger charge is -2.22. The number of nitrogens with zero attached hydrogens (tertiary/aromatic N) is 2. The second-order valence-electron chi connectivity index (χ2n) is 7.32. The molecule has 0 unspecified atom stereocenters. The van der Waals surface area contributed by atoms with Crippen molar-refractivity contribution in [3.05, 3.63) is 29.8 Å². The Morgan fingerprint density at radius 3 is 2.42 bits per heavy atom. The smallest absolute Gasteiger partial charge is 0.225 e. The lowest BCUT2D eigenvalue weighted by atomic mass is 9.96. The number of carbonyl (C=O) groups excluding carboxylic acids is 1. The highest BCUT2D eigenvalue weighted by atomic mass is 16.5. The largest absolute Gasteiger partial charge is 0.492 e. The number of aryl methyl sites for hydroxylation is 1. The van der Waals surface area contributed by atoms with E-state index >= 15 is 0 Å². The van der Waals surface area contributed by atoms with Crippen LogP contribution in [0.4, 0.5) is 0 Å². The molecule has 0 spiro atoms. The molecular formula is C20H34N4O2. The van der Waals surface area contributed by atoms with Crippen molar-refractivity contribution in [1.29, 1.82) is 0 Å². The third-order valence-electron chi connectivity index (χ3n) is 3.75. The average Bonchev–Trinajstić information content (AvgIpc) is 2.58. The van der Waals surface area contributed by atoms with E-state index in [0.29, 0.717) is 26.2 Å². The van der Waals surface area contributed by atoms with E-state index in [0.717, 1.165) is 18.3 Å². The Kier molecular flexibility index (Phi) is 8.96. The summed E-state index contributed by atoms with van der Waals surface area (Å²) in [4.78, 5) is 18.5. The van der Waals surface area contributed by atoms with Gasteiger partial charge in [0.25, 0.3) is 0 Å². The van der Waals surface area contributed by atoms with E-state index in [1.165, 1.54) is 5.56 Å². The van der Waals surface area contributed by atoms with Crippen LogP contribution in [0.25, 0.3) is 0 Å². The number of likely N-dealkylation sites (N-methyl/N-ethyl adjacent to an activating group) is 1. The quantitative estimate of drug-likeness (QED) is 0.423. The van der Waals surface area contributed by atoms with Gasteiger partial charge in [-0.3, -0.25) is 9.79 Å². The van der Waals surface area contributed by atoms with Crippen LogP contribution in [0.1, 0.15) is 33.3 Å². The molecule has 1 aromatic rings. The van der Waals surface area contributed by atoms with Gasteiger partial charge >= 0.3 is 0 Å². The van der Waals surface area contributed by atoms with Crippen LogP contribution in [0.3, 0.4) is 0 Å². The maximum absolute atomic E-state index is 11.9. The molecule has 1 rings (SSSR count). The molecule has 0 aliphatic carbocycles. The van der Waals surface area contributed by atoms with E-state index in [9.17, 15) is 4.79 Å². The first-order chi connectivity index (χ1) is 12.2. The standard InChI is InChI=1S/C20H34N4O2/c1-7-21-19(23-13-12-22-18(25)20(3,4)5)24(6)14-15-26-17-10-8-16(2)9-11-17/h8-11H,7,12-15H2,1-6H3,(H,21,23)(H,22,25). The van der Waals surface area contributed by atoms with Gasteiger partial charge in [0.2, 0.25) is 5.91 Å². The Bertz CT molecular complexity index is 576. The Balaban J connectivity index is 2.43. The van der Waals surface area contributed by atoms with Crippen LogP contribution in [-0.4, -0.2) is 56.6 Å². The molecule has 0 saturated carbocycles. The summed E-state index contributed by atoms with van der Waals surface area (Å²) < 4.78 is 5.77. The first-order valence-electron chi connectivity index (χ1n) is 9.21. The summed E-state index contributed by atoms with van der Waals surface area (Å²) in [5, 5.41) is 6.18. The molecule has 0 aliphatic heterocycles. The Labute approximate surface area is 158 Å². The molecule has 0 aliphatic rings. The van der Waals surface area contributed by atoms with Crippen LogP contribution in [0, 0.1) is 12.3 Å². The van der Waals surface area contributed by atoms with Crippen LogP contribution >= 0.6 is 0 Å². The Hall–Kier alpha value is -2.24. The molecule has 0 aromatic heterocycles. The van der Waals surface area contributed by atoms with Gasteiger partial charge in [0.1, 0.15) is 12.4 Å².